The van der Waals surface area contributed by atoms with Crippen LogP contribution < -0.4 is 15.4 Å². The number of rotatable bonds is 7. The van der Waals surface area contributed by atoms with Crippen LogP contribution in [0.15, 0.2) is 28.7 Å². The zero-order valence-electron chi connectivity index (χ0n) is 12.0. The molecular weight excluding hydrogens is 256 g/mol. The molecule has 0 aliphatic carbocycles. The second-order valence-corrected chi connectivity index (χ2v) is 4.39. The molecule has 1 unspecified atom stereocenters. The normalized spacial score (nSPS) is 12.2. The standard InChI is InChI=1S/C14H20N4O2/c1-4-15-10(2)13-17-18-14(20-13)16-9-11-7-5-6-8-12(11)19-3/h5-8,10,15H,4,9H2,1-3H3,(H,16,18). The molecule has 2 aromatic rings. The molecule has 0 radical (unpaired) electrons. The van der Waals surface area contributed by atoms with Gasteiger partial charge in [-0.3, -0.25) is 0 Å². The van der Waals surface area contributed by atoms with Gasteiger partial charge >= 0.3 is 6.01 Å². The molecule has 1 heterocycles. The Morgan fingerprint density at radius 2 is 2.10 bits per heavy atom. The largest absolute Gasteiger partial charge is 0.496 e. The lowest BCUT2D eigenvalue weighted by molar-refractivity contribution is 0.409. The Morgan fingerprint density at radius 1 is 1.30 bits per heavy atom. The predicted molar refractivity (Wildman–Crippen MR) is 76.7 cm³/mol. The van der Waals surface area contributed by atoms with Crippen molar-refractivity contribution < 1.29 is 9.15 Å². The molecule has 108 valence electrons. The topological polar surface area (TPSA) is 72.2 Å². The highest BCUT2D eigenvalue weighted by Crippen LogP contribution is 2.19. The Kier molecular flexibility index (Phi) is 4.95. The van der Waals surface area contributed by atoms with Crippen molar-refractivity contribution in [3.63, 3.8) is 0 Å². The molecule has 1 atom stereocenters. The van der Waals surface area contributed by atoms with Crippen LogP contribution in [0.5, 0.6) is 5.75 Å². The van der Waals surface area contributed by atoms with Crippen molar-refractivity contribution in [3.05, 3.63) is 35.7 Å². The fourth-order valence-electron chi connectivity index (χ4n) is 1.89. The molecule has 0 bridgehead atoms. The van der Waals surface area contributed by atoms with E-state index in [2.05, 4.69) is 20.8 Å². The zero-order chi connectivity index (χ0) is 14.4. The summed E-state index contributed by atoms with van der Waals surface area (Å²) in [5.41, 5.74) is 1.04. The van der Waals surface area contributed by atoms with Crippen molar-refractivity contribution in [2.75, 3.05) is 19.0 Å². The Hall–Kier alpha value is -2.08. The van der Waals surface area contributed by atoms with Crippen molar-refractivity contribution in [2.45, 2.75) is 26.4 Å². The van der Waals surface area contributed by atoms with Gasteiger partial charge in [-0.1, -0.05) is 30.2 Å². The molecule has 6 heteroatoms. The first-order chi connectivity index (χ1) is 9.74. The molecule has 0 amide bonds. The van der Waals surface area contributed by atoms with E-state index in [1.165, 1.54) is 0 Å². The molecule has 0 saturated carbocycles. The van der Waals surface area contributed by atoms with Crippen molar-refractivity contribution in [1.82, 2.24) is 15.5 Å². The highest BCUT2D eigenvalue weighted by atomic mass is 16.5. The number of aromatic nitrogens is 2. The lowest BCUT2D eigenvalue weighted by atomic mass is 10.2. The van der Waals surface area contributed by atoms with Crippen LogP contribution in [-0.4, -0.2) is 23.9 Å². The molecule has 0 aliphatic heterocycles. The Bertz CT molecular complexity index is 541. The van der Waals surface area contributed by atoms with E-state index in [1.54, 1.807) is 7.11 Å². The van der Waals surface area contributed by atoms with Crippen LogP contribution in [0.1, 0.15) is 31.3 Å². The predicted octanol–water partition coefficient (Wildman–Crippen LogP) is 2.36. The van der Waals surface area contributed by atoms with Gasteiger partial charge in [-0.05, 0) is 19.5 Å². The van der Waals surface area contributed by atoms with Crippen LogP contribution in [0.2, 0.25) is 0 Å². The summed E-state index contributed by atoms with van der Waals surface area (Å²) in [7, 11) is 1.65. The van der Waals surface area contributed by atoms with Crippen LogP contribution in [0.25, 0.3) is 0 Å². The van der Waals surface area contributed by atoms with E-state index in [1.807, 2.05) is 38.1 Å². The Balaban J connectivity index is 1.97. The Morgan fingerprint density at radius 3 is 2.85 bits per heavy atom. The minimum atomic E-state index is 0.0503. The molecule has 0 saturated heterocycles. The van der Waals surface area contributed by atoms with Gasteiger partial charge < -0.3 is 19.8 Å². The van der Waals surface area contributed by atoms with Gasteiger partial charge in [0.1, 0.15) is 5.75 Å². The number of anilines is 1. The maximum Gasteiger partial charge on any atom is 0.315 e. The minimum absolute atomic E-state index is 0.0503. The third kappa shape index (κ3) is 3.48. The first kappa shape index (κ1) is 14.3. The van der Waals surface area contributed by atoms with Crippen LogP contribution in [0, 0.1) is 0 Å². The molecule has 2 N–H and O–H groups in total. The highest BCUT2D eigenvalue weighted by Gasteiger charge is 2.12. The van der Waals surface area contributed by atoms with E-state index in [-0.39, 0.29) is 6.04 Å². The van der Waals surface area contributed by atoms with E-state index in [0.717, 1.165) is 17.9 Å². The molecule has 2 rings (SSSR count). The number of methoxy groups -OCH3 is 1. The third-order valence-corrected chi connectivity index (χ3v) is 2.94. The van der Waals surface area contributed by atoms with Gasteiger partial charge in [0.15, 0.2) is 0 Å². The molecule has 6 nitrogen and oxygen atoms in total. The summed E-state index contributed by atoms with van der Waals surface area (Å²) >= 11 is 0. The molecule has 1 aromatic heterocycles. The number of nitrogens with one attached hydrogen (secondary N) is 2. The summed E-state index contributed by atoms with van der Waals surface area (Å²) in [5.74, 6) is 1.41. The van der Waals surface area contributed by atoms with E-state index in [9.17, 15) is 0 Å². The van der Waals surface area contributed by atoms with Crippen molar-refractivity contribution in [2.24, 2.45) is 0 Å². The Labute approximate surface area is 118 Å². The average molecular weight is 276 g/mol. The number of nitrogens with zero attached hydrogens (tertiary/aromatic N) is 2. The lowest BCUT2D eigenvalue weighted by Crippen LogP contribution is -2.17. The quantitative estimate of drug-likeness (QED) is 0.809. The van der Waals surface area contributed by atoms with Gasteiger partial charge in [-0.25, -0.2) is 0 Å². The molecule has 0 spiro atoms. The first-order valence-corrected chi connectivity index (χ1v) is 6.67. The number of benzene rings is 1. The third-order valence-electron chi connectivity index (χ3n) is 2.94. The summed E-state index contributed by atoms with van der Waals surface area (Å²) < 4.78 is 10.8. The van der Waals surface area contributed by atoms with Crippen LogP contribution in [0.3, 0.4) is 0 Å². The second-order valence-electron chi connectivity index (χ2n) is 4.39. The number of para-hydroxylation sites is 1. The van der Waals surface area contributed by atoms with Gasteiger partial charge in [-0.15, -0.1) is 5.10 Å². The van der Waals surface area contributed by atoms with E-state index >= 15 is 0 Å². The van der Waals surface area contributed by atoms with Gasteiger partial charge in [0, 0.05) is 12.1 Å². The summed E-state index contributed by atoms with van der Waals surface area (Å²) in [6, 6.07) is 8.27. The average Bonchev–Trinajstić information content (AvgIpc) is 2.94. The van der Waals surface area contributed by atoms with Crippen LogP contribution >= 0.6 is 0 Å². The number of ether oxygens (including phenoxy) is 1. The monoisotopic (exact) mass is 276 g/mol. The molecule has 20 heavy (non-hydrogen) atoms. The highest BCUT2D eigenvalue weighted by molar-refractivity contribution is 5.35. The molecular formula is C14H20N4O2. The number of hydrogen-bond donors (Lipinski definition) is 2. The maximum atomic E-state index is 5.56. The molecule has 0 aliphatic rings. The smallest absolute Gasteiger partial charge is 0.315 e. The zero-order valence-corrected chi connectivity index (χ0v) is 12.0. The van der Waals surface area contributed by atoms with E-state index in [0.29, 0.717) is 18.5 Å². The first-order valence-electron chi connectivity index (χ1n) is 6.67. The SMILES string of the molecule is CCNC(C)c1nnc(NCc2ccccc2OC)o1. The summed E-state index contributed by atoms with van der Waals surface area (Å²) in [6.45, 7) is 5.45. The lowest BCUT2D eigenvalue weighted by Gasteiger charge is -2.08. The van der Waals surface area contributed by atoms with Gasteiger partial charge in [-0.2, -0.15) is 0 Å². The van der Waals surface area contributed by atoms with Crippen molar-refractivity contribution >= 4 is 6.01 Å². The van der Waals surface area contributed by atoms with E-state index in [4.69, 9.17) is 9.15 Å². The summed E-state index contributed by atoms with van der Waals surface area (Å²) in [6.07, 6.45) is 0. The molecule has 0 fully saturated rings. The van der Waals surface area contributed by atoms with Crippen molar-refractivity contribution in [3.8, 4) is 5.75 Å². The molecule has 1 aromatic carbocycles. The van der Waals surface area contributed by atoms with Gasteiger partial charge in [0.25, 0.3) is 0 Å². The van der Waals surface area contributed by atoms with Gasteiger partial charge in [0.2, 0.25) is 5.89 Å². The van der Waals surface area contributed by atoms with Crippen LogP contribution in [0.4, 0.5) is 6.01 Å². The fraction of sp³-hybridized carbons (Fsp3) is 0.429. The second kappa shape index (κ2) is 6.91. The summed E-state index contributed by atoms with van der Waals surface area (Å²) in [4.78, 5) is 0. The van der Waals surface area contributed by atoms with Crippen molar-refractivity contribution in [1.29, 1.82) is 0 Å². The fourth-order valence-corrected chi connectivity index (χ4v) is 1.89. The van der Waals surface area contributed by atoms with Gasteiger partial charge in [0.05, 0.1) is 13.2 Å². The van der Waals surface area contributed by atoms with E-state index < -0.39 is 0 Å². The minimum Gasteiger partial charge on any atom is -0.496 e. The van der Waals surface area contributed by atoms with Crippen LogP contribution in [-0.2, 0) is 6.54 Å². The maximum absolute atomic E-state index is 5.56. The number of hydrogen-bond acceptors (Lipinski definition) is 6. The summed E-state index contributed by atoms with van der Waals surface area (Å²) in [5, 5.41) is 14.3.